The van der Waals surface area contributed by atoms with E-state index in [1.807, 2.05) is 19.1 Å². The van der Waals surface area contributed by atoms with Crippen LogP contribution in [0.1, 0.15) is 53.7 Å². The number of benzene rings is 2. The largest absolute Gasteiger partial charge is 0.484 e. The maximum Gasteiger partial charge on any atom is 0.258 e. The number of carbonyl (C=O) groups excluding carboxylic acids is 2. The molecule has 0 spiro atoms. The van der Waals surface area contributed by atoms with Crippen molar-refractivity contribution in [1.82, 2.24) is 5.32 Å². The summed E-state index contributed by atoms with van der Waals surface area (Å²) in [6, 6.07) is 15.3. The Bertz CT molecular complexity index is 752. The Labute approximate surface area is 148 Å². The summed E-state index contributed by atoms with van der Waals surface area (Å²) >= 11 is 0. The van der Waals surface area contributed by atoms with Crippen LogP contribution in [0.4, 0.5) is 0 Å². The van der Waals surface area contributed by atoms with Gasteiger partial charge in [-0.15, -0.1) is 0 Å². The SMILES string of the molecule is CCC(=O)c1ccc(OCC(=O)N[C@@H]2CCCc3ccccc32)cc1. The second-order valence-corrected chi connectivity index (χ2v) is 6.30. The number of hydrogen-bond acceptors (Lipinski definition) is 3. The average molecular weight is 337 g/mol. The van der Waals surface area contributed by atoms with Crippen LogP contribution in [0.25, 0.3) is 0 Å². The third-order valence-corrected chi connectivity index (χ3v) is 4.57. The normalized spacial score (nSPS) is 16.0. The number of hydrogen-bond donors (Lipinski definition) is 1. The van der Waals surface area contributed by atoms with Gasteiger partial charge in [-0.2, -0.15) is 0 Å². The first-order valence-electron chi connectivity index (χ1n) is 8.80. The summed E-state index contributed by atoms with van der Waals surface area (Å²) in [7, 11) is 0. The Balaban J connectivity index is 1.54. The van der Waals surface area contributed by atoms with Crippen LogP contribution in [0.15, 0.2) is 48.5 Å². The molecule has 2 aromatic carbocycles. The maximum atomic E-state index is 12.2. The standard InChI is InChI=1S/C21H23NO3/c1-2-20(23)16-10-12-17(13-11-16)25-14-21(24)22-19-9-5-7-15-6-3-4-8-18(15)19/h3-4,6,8,10-13,19H,2,5,7,9,14H2,1H3,(H,22,24)/t19-/m1/s1. The first kappa shape index (κ1) is 17.2. The Hall–Kier alpha value is -2.62. The van der Waals surface area contributed by atoms with Crippen molar-refractivity contribution >= 4 is 11.7 Å². The van der Waals surface area contributed by atoms with Gasteiger partial charge in [0.25, 0.3) is 5.91 Å². The predicted octanol–water partition coefficient (Wildman–Crippen LogP) is 3.85. The molecule has 0 aliphatic heterocycles. The molecule has 0 saturated heterocycles. The van der Waals surface area contributed by atoms with Crippen molar-refractivity contribution in [2.75, 3.05) is 6.61 Å². The van der Waals surface area contributed by atoms with Gasteiger partial charge in [0.1, 0.15) is 5.75 Å². The molecule has 1 amide bonds. The van der Waals surface area contributed by atoms with E-state index in [-0.39, 0.29) is 24.3 Å². The number of ether oxygens (including phenoxy) is 1. The van der Waals surface area contributed by atoms with E-state index in [1.54, 1.807) is 24.3 Å². The van der Waals surface area contributed by atoms with Crippen molar-refractivity contribution in [1.29, 1.82) is 0 Å². The van der Waals surface area contributed by atoms with E-state index >= 15 is 0 Å². The minimum atomic E-state index is -0.129. The molecule has 2 aromatic rings. The highest BCUT2D eigenvalue weighted by atomic mass is 16.5. The van der Waals surface area contributed by atoms with E-state index in [0.717, 1.165) is 19.3 Å². The van der Waals surface area contributed by atoms with Crippen LogP contribution in [0, 0.1) is 0 Å². The fourth-order valence-corrected chi connectivity index (χ4v) is 3.23. The van der Waals surface area contributed by atoms with Gasteiger partial charge in [-0.1, -0.05) is 31.2 Å². The number of carbonyl (C=O) groups is 2. The minimum absolute atomic E-state index is 0.0280. The molecule has 1 aliphatic rings. The molecule has 0 unspecified atom stereocenters. The molecular formula is C21H23NO3. The van der Waals surface area contributed by atoms with Gasteiger partial charge in [-0.25, -0.2) is 0 Å². The number of nitrogens with one attached hydrogen (secondary N) is 1. The van der Waals surface area contributed by atoms with E-state index < -0.39 is 0 Å². The molecule has 25 heavy (non-hydrogen) atoms. The van der Waals surface area contributed by atoms with Crippen LogP contribution in [0.5, 0.6) is 5.75 Å². The molecule has 0 fully saturated rings. The van der Waals surface area contributed by atoms with Crippen LogP contribution in [-0.4, -0.2) is 18.3 Å². The summed E-state index contributed by atoms with van der Waals surface area (Å²) in [5, 5.41) is 3.07. The quantitative estimate of drug-likeness (QED) is 0.815. The third kappa shape index (κ3) is 4.27. The first-order chi connectivity index (χ1) is 12.2. The van der Waals surface area contributed by atoms with Gasteiger partial charge in [0.15, 0.2) is 12.4 Å². The molecule has 0 bridgehead atoms. The van der Waals surface area contributed by atoms with Gasteiger partial charge in [0.05, 0.1) is 6.04 Å². The summed E-state index contributed by atoms with van der Waals surface area (Å²) in [5.74, 6) is 0.558. The van der Waals surface area contributed by atoms with Crippen LogP contribution < -0.4 is 10.1 Å². The van der Waals surface area contributed by atoms with Gasteiger partial charge in [-0.3, -0.25) is 9.59 Å². The zero-order chi connectivity index (χ0) is 17.6. The first-order valence-corrected chi connectivity index (χ1v) is 8.80. The van der Waals surface area contributed by atoms with Crippen molar-refractivity contribution < 1.29 is 14.3 Å². The zero-order valence-corrected chi connectivity index (χ0v) is 14.5. The van der Waals surface area contributed by atoms with Crippen molar-refractivity contribution in [3.63, 3.8) is 0 Å². The lowest BCUT2D eigenvalue weighted by atomic mass is 9.88. The minimum Gasteiger partial charge on any atom is -0.484 e. The lowest BCUT2D eigenvalue weighted by Crippen LogP contribution is -2.34. The average Bonchev–Trinajstić information content (AvgIpc) is 2.66. The van der Waals surface area contributed by atoms with Gasteiger partial charge in [-0.05, 0) is 54.7 Å². The van der Waals surface area contributed by atoms with Crippen molar-refractivity contribution in [3.8, 4) is 5.75 Å². The Morgan fingerprint density at radius 2 is 1.88 bits per heavy atom. The predicted molar refractivity (Wildman–Crippen MR) is 96.8 cm³/mol. The topological polar surface area (TPSA) is 55.4 Å². The lowest BCUT2D eigenvalue weighted by Gasteiger charge is -2.26. The van der Waals surface area contributed by atoms with E-state index in [0.29, 0.717) is 17.7 Å². The van der Waals surface area contributed by atoms with Crippen molar-refractivity contribution in [3.05, 3.63) is 65.2 Å². The smallest absolute Gasteiger partial charge is 0.258 e. The summed E-state index contributed by atoms with van der Waals surface area (Å²) in [5.41, 5.74) is 3.19. The monoisotopic (exact) mass is 337 g/mol. The second-order valence-electron chi connectivity index (χ2n) is 6.30. The van der Waals surface area contributed by atoms with Gasteiger partial charge < -0.3 is 10.1 Å². The van der Waals surface area contributed by atoms with Gasteiger partial charge in [0, 0.05) is 12.0 Å². The number of fused-ring (bicyclic) bond motifs is 1. The van der Waals surface area contributed by atoms with Crippen LogP contribution in [0.3, 0.4) is 0 Å². The van der Waals surface area contributed by atoms with E-state index in [9.17, 15) is 9.59 Å². The molecular weight excluding hydrogens is 314 g/mol. The molecule has 0 heterocycles. The highest BCUT2D eigenvalue weighted by molar-refractivity contribution is 5.95. The lowest BCUT2D eigenvalue weighted by molar-refractivity contribution is -0.123. The van der Waals surface area contributed by atoms with Crippen LogP contribution in [0.2, 0.25) is 0 Å². The number of ketones is 1. The van der Waals surface area contributed by atoms with Crippen LogP contribution >= 0.6 is 0 Å². The van der Waals surface area contributed by atoms with Gasteiger partial charge >= 0.3 is 0 Å². The van der Waals surface area contributed by atoms with E-state index in [4.69, 9.17) is 4.74 Å². The van der Waals surface area contributed by atoms with Crippen LogP contribution in [-0.2, 0) is 11.2 Å². The molecule has 1 atom stereocenters. The van der Waals surface area contributed by atoms with E-state index in [1.165, 1.54) is 11.1 Å². The highest BCUT2D eigenvalue weighted by Gasteiger charge is 2.21. The summed E-state index contributed by atoms with van der Waals surface area (Å²) in [6.45, 7) is 1.81. The zero-order valence-electron chi connectivity index (χ0n) is 14.5. The number of amides is 1. The summed E-state index contributed by atoms with van der Waals surface area (Å²) < 4.78 is 5.54. The number of aryl methyl sites for hydroxylation is 1. The fraction of sp³-hybridized carbons (Fsp3) is 0.333. The Morgan fingerprint density at radius 3 is 2.64 bits per heavy atom. The third-order valence-electron chi connectivity index (χ3n) is 4.57. The maximum absolute atomic E-state index is 12.2. The fourth-order valence-electron chi connectivity index (χ4n) is 3.23. The van der Waals surface area contributed by atoms with Gasteiger partial charge in [0.2, 0.25) is 0 Å². The molecule has 1 N–H and O–H groups in total. The molecule has 0 saturated carbocycles. The molecule has 1 aliphatic carbocycles. The molecule has 0 radical (unpaired) electrons. The Morgan fingerprint density at radius 1 is 1.12 bits per heavy atom. The molecule has 130 valence electrons. The second kappa shape index (κ2) is 7.97. The summed E-state index contributed by atoms with van der Waals surface area (Å²) in [4.78, 5) is 23.8. The molecule has 3 rings (SSSR count). The molecule has 4 nitrogen and oxygen atoms in total. The van der Waals surface area contributed by atoms with Crippen molar-refractivity contribution in [2.24, 2.45) is 0 Å². The molecule has 0 aromatic heterocycles. The van der Waals surface area contributed by atoms with E-state index in [2.05, 4.69) is 17.4 Å². The number of Topliss-reactive ketones (excluding diaryl/α,β-unsaturated/α-hetero) is 1. The van der Waals surface area contributed by atoms with Crippen molar-refractivity contribution in [2.45, 2.75) is 38.6 Å². The highest BCUT2D eigenvalue weighted by Crippen LogP contribution is 2.29. The molecule has 4 heteroatoms. The summed E-state index contributed by atoms with van der Waals surface area (Å²) in [6.07, 6.45) is 3.58. The Kier molecular flexibility index (Phi) is 5.49. The number of rotatable bonds is 6.